The highest BCUT2D eigenvalue weighted by Crippen LogP contribution is 2.27. The number of aromatic nitrogens is 4. The zero-order valence-corrected chi connectivity index (χ0v) is 15.3. The lowest BCUT2D eigenvalue weighted by Gasteiger charge is -2.31. The molecule has 0 radical (unpaired) electrons. The fourth-order valence-electron chi connectivity index (χ4n) is 3.21. The molecule has 1 fully saturated rings. The molecule has 2 aromatic heterocycles. The first kappa shape index (κ1) is 17.6. The van der Waals surface area contributed by atoms with Crippen molar-refractivity contribution in [2.24, 2.45) is 7.05 Å². The normalized spacial score (nSPS) is 19.2. The molecule has 7 heteroatoms. The standard InChI is InChI=1S/C18H27N5O2/c1-4-13(2)17-20-18(25-21-17)15-6-5-9-23(12-15)16(24)8-7-14-10-19-22(3)11-14/h10-11,13,15H,4-9,12H2,1-3H3. The molecule has 2 atom stereocenters. The first-order valence-electron chi connectivity index (χ1n) is 9.15. The number of carbonyl (C=O) groups excluding carboxylic acids is 1. The Balaban J connectivity index is 1.56. The second-order valence-corrected chi connectivity index (χ2v) is 7.00. The molecule has 0 aliphatic carbocycles. The van der Waals surface area contributed by atoms with E-state index in [1.54, 1.807) is 4.68 Å². The molecule has 3 heterocycles. The summed E-state index contributed by atoms with van der Waals surface area (Å²) < 4.78 is 7.24. The van der Waals surface area contributed by atoms with Gasteiger partial charge in [-0.05, 0) is 31.2 Å². The highest BCUT2D eigenvalue weighted by atomic mass is 16.5. The minimum absolute atomic E-state index is 0.154. The van der Waals surface area contributed by atoms with E-state index in [0.29, 0.717) is 24.8 Å². The predicted octanol–water partition coefficient (Wildman–Crippen LogP) is 2.66. The molecule has 1 aliphatic rings. The number of hydrogen-bond acceptors (Lipinski definition) is 5. The van der Waals surface area contributed by atoms with Gasteiger partial charge in [-0.15, -0.1) is 0 Å². The van der Waals surface area contributed by atoms with Crippen LogP contribution in [0.15, 0.2) is 16.9 Å². The molecule has 0 aromatic carbocycles. The third-order valence-electron chi connectivity index (χ3n) is 5.02. The monoisotopic (exact) mass is 345 g/mol. The maximum atomic E-state index is 12.5. The second kappa shape index (κ2) is 7.80. The van der Waals surface area contributed by atoms with E-state index in [9.17, 15) is 4.79 Å². The van der Waals surface area contributed by atoms with E-state index in [1.165, 1.54) is 0 Å². The molecule has 1 amide bonds. The molecule has 7 nitrogen and oxygen atoms in total. The number of likely N-dealkylation sites (tertiary alicyclic amines) is 1. The van der Waals surface area contributed by atoms with Crippen LogP contribution in [0.5, 0.6) is 0 Å². The first-order chi connectivity index (χ1) is 12.1. The van der Waals surface area contributed by atoms with E-state index < -0.39 is 0 Å². The summed E-state index contributed by atoms with van der Waals surface area (Å²) in [6, 6.07) is 0. The van der Waals surface area contributed by atoms with Crippen molar-refractivity contribution in [2.75, 3.05) is 13.1 Å². The summed E-state index contributed by atoms with van der Waals surface area (Å²) >= 11 is 0. The Hall–Kier alpha value is -2.18. The summed E-state index contributed by atoms with van der Waals surface area (Å²) in [5.41, 5.74) is 1.10. The molecule has 0 saturated carbocycles. The third kappa shape index (κ3) is 4.27. The molecule has 25 heavy (non-hydrogen) atoms. The highest BCUT2D eigenvalue weighted by molar-refractivity contribution is 5.76. The predicted molar refractivity (Wildman–Crippen MR) is 93.1 cm³/mol. The molecule has 0 N–H and O–H groups in total. The first-order valence-corrected chi connectivity index (χ1v) is 9.15. The molecule has 2 aromatic rings. The average molecular weight is 345 g/mol. The van der Waals surface area contributed by atoms with Gasteiger partial charge < -0.3 is 9.42 Å². The van der Waals surface area contributed by atoms with E-state index in [-0.39, 0.29) is 11.8 Å². The molecular formula is C18H27N5O2. The maximum Gasteiger partial charge on any atom is 0.231 e. The van der Waals surface area contributed by atoms with Gasteiger partial charge in [0, 0.05) is 38.7 Å². The van der Waals surface area contributed by atoms with Gasteiger partial charge in [0.15, 0.2) is 5.82 Å². The number of hydrogen-bond donors (Lipinski definition) is 0. The van der Waals surface area contributed by atoms with Crippen molar-refractivity contribution >= 4 is 5.91 Å². The summed E-state index contributed by atoms with van der Waals surface area (Å²) in [4.78, 5) is 19.1. The zero-order chi connectivity index (χ0) is 17.8. The molecule has 2 unspecified atom stereocenters. The van der Waals surface area contributed by atoms with Crippen LogP contribution >= 0.6 is 0 Å². The smallest absolute Gasteiger partial charge is 0.231 e. The van der Waals surface area contributed by atoms with Crippen molar-refractivity contribution in [3.63, 3.8) is 0 Å². The van der Waals surface area contributed by atoms with E-state index in [2.05, 4.69) is 29.1 Å². The molecule has 0 spiro atoms. The van der Waals surface area contributed by atoms with Crippen LogP contribution in [0.4, 0.5) is 0 Å². The number of amides is 1. The summed E-state index contributed by atoms with van der Waals surface area (Å²) in [6.07, 6.45) is 7.98. The van der Waals surface area contributed by atoms with Crippen LogP contribution < -0.4 is 0 Å². The summed E-state index contributed by atoms with van der Waals surface area (Å²) in [5.74, 6) is 2.10. The Bertz CT molecular complexity index is 708. The Morgan fingerprint density at radius 1 is 1.48 bits per heavy atom. The van der Waals surface area contributed by atoms with Gasteiger partial charge in [0.25, 0.3) is 0 Å². The molecule has 3 rings (SSSR count). The average Bonchev–Trinajstić information content (AvgIpc) is 3.28. The minimum Gasteiger partial charge on any atom is -0.342 e. The fraction of sp³-hybridized carbons (Fsp3) is 0.667. The van der Waals surface area contributed by atoms with Gasteiger partial charge in [-0.25, -0.2) is 0 Å². The molecule has 1 aliphatic heterocycles. The summed E-state index contributed by atoms with van der Waals surface area (Å²) in [5, 5.41) is 8.26. The van der Waals surface area contributed by atoms with Gasteiger partial charge in [-0.3, -0.25) is 9.48 Å². The molecule has 136 valence electrons. The SMILES string of the molecule is CCC(C)c1noc(C2CCCN(C(=O)CCc3cnn(C)c3)C2)n1. The van der Waals surface area contributed by atoms with Gasteiger partial charge >= 0.3 is 0 Å². The maximum absolute atomic E-state index is 12.5. The van der Waals surface area contributed by atoms with Crippen molar-refractivity contribution < 1.29 is 9.32 Å². The van der Waals surface area contributed by atoms with Crippen LogP contribution in [0.1, 0.15) is 68.6 Å². The van der Waals surface area contributed by atoms with E-state index >= 15 is 0 Å². The Labute approximate surface area is 148 Å². The summed E-state index contributed by atoms with van der Waals surface area (Å²) in [6.45, 7) is 5.70. The molecular weight excluding hydrogens is 318 g/mol. The molecule has 1 saturated heterocycles. The van der Waals surface area contributed by atoms with Crippen LogP contribution in [-0.4, -0.2) is 43.8 Å². The highest BCUT2D eigenvalue weighted by Gasteiger charge is 2.28. The van der Waals surface area contributed by atoms with Crippen molar-refractivity contribution in [1.29, 1.82) is 0 Å². The van der Waals surface area contributed by atoms with Crippen LogP contribution in [-0.2, 0) is 18.3 Å². The number of piperidine rings is 1. The van der Waals surface area contributed by atoms with E-state index in [4.69, 9.17) is 4.52 Å². The second-order valence-electron chi connectivity index (χ2n) is 7.00. The zero-order valence-electron chi connectivity index (χ0n) is 15.3. The van der Waals surface area contributed by atoms with Crippen LogP contribution in [0, 0.1) is 0 Å². The van der Waals surface area contributed by atoms with E-state index in [0.717, 1.165) is 43.6 Å². The largest absolute Gasteiger partial charge is 0.342 e. The van der Waals surface area contributed by atoms with Gasteiger partial charge in [-0.2, -0.15) is 10.1 Å². The van der Waals surface area contributed by atoms with Crippen molar-refractivity contribution in [1.82, 2.24) is 24.8 Å². The van der Waals surface area contributed by atoms with Crippen molar-refractivity contribution in [3.05, 3.63) is 29.7 Å². The van der Waals surface area contributed by atoms with Crippen LogP contribution in [0.3, 0.4) is 0 Å². The Kier molecular flexibility index (Phi) is 5.50. The lowest BCUT2D eigenvalue weighted by molar-refractivity contribution is -0.132. The van der Waals surface area contributed by atoms with Gasteiger partial charge in [0.1, 0.15) is 0 Å². The molecule has 0 bridgehead atoms. The summed E-state index contributed by atoms with van der Waals surface area (Å²) in [7, 11) is 1.89. The number of aryl methyl sites for hydroxylation is 2. The lowest BCUT2D eigenvalue weighted by atomic mass is 9.97. The fourth-order valence-corrected chi connectivity index (χ4v) is 3.21. The quantitative estimate of drug-likeness (QED) is 0.804. The van der Waals surface area contributed by atoms with Gasteiger partial charge in [0.2, 0.25) is 11.8 Å². The Morgan fingerprint density at radius 2 is 2.32 bits per heavy atom. The van der Waals surface area contributed by atoms with E-state index in [1.807, 2.05) is 24.3 Å². The number of carbonyl (C=O) groups is 1. The van der Waals surface area contributed by atoms with Crippen molar-refractivity contribution in [3.8, 4) is 0 Å². The number of nitrogens with zero attached hydrogens (tertiary/aromatic N) is 5. The van der Waals surface area contributed by atoms with Crippen LogP contribution in [0.2, 0.25) is 0 Å². The number of rotatable bonds is 6. The minimum atomic E-state index is 0.154. The Morgan fingerprint density at radius 3 is 3.04 bits per heavy atom. The van der Waals surface area contributed by atoms with Gasteiger partial charge in [0.05, 0.1) is 12.1 Å². The van der Waals surface area contributed by atoms with Crippen LogP contribution in [0.25, 0.3) is 0 Å². The van der Waals surface area contributed by atoms with Gasteiger partial charge in [-0.1, -0.05) is 19.0 Å². The lowest BCUT2D eigenvalue weighted by Crippen LogP contribution is -2.39. The topological polar surface area (TPSA) is 77.0 Å². The third-order valence-corrected chi connectivity index (χ3v) is 5.02. The van der Waals surface area contributed by atoms with Crippen molar-refractivity contribution in [2.45, 2.75) is 57.8 Å².